The summed E-state index contributed by atoms with van der Waals surface area (Å²) in [6.07, 6.45) is 15.7. The summed E-state index contributed by atoms with van der Waals surface area (Å²) < 4.78 is 5.21. The van der Waals surface area contributed by atoms with Gasteiger partial charge in [0.05, 0.1) is 6.61 Å². The number of carbonyl (C=O) groups is 1. The summed E-state index contributed by atoms with van der Waals surface area (Å²) >= 11 is 3.36. The summed E-state index contributed by atoms with van der Waals surface area (Å²) in [5, 5.41) is 0.971. The zero-order valence-electron chi connectivity index (χ0n) is 13.3. The third-order valence-electron chi connectivity index (χ3n) is 3.53. The topological polar surface area (TPSA) is 26.3 Å². The van der Waals surface area contributed by atoms with Crippen molar-refractivity contribution in [3.8, 4) is 0 Å². The van der Waals surface area contributed by atoms with Crippen LogP contribution in [0.5, 0.6) is 0 Å². The highest BCUT2D eigenvalue weighted by atomic mass is 79.9. The molecule has 0 amide bonds. The van der Waals surface area contributed by atoms with E-state index in [1.165, 1.54) is 57.8 Å². The Balaban J connectivity index is 3.07. The van der Waals surface area contributed by atoms with Crippen LogP contribution in [-0.4, -0.2) is 17.9 Å². The quantitative estimate of drug-likeness (QED) is 0.205. The van der Waals surface area contributed by atoms with Gasteiger partial charge >= 0.3 is 5.97 Å². The summed E-state index contributed by atoms with van der Waals surface area (Å²) in [5.41, 5.74) is 0. The molecule has 0 aliphatic heterocycles. The van der Waals surface area contributed by atoms with Crippen molar-refractivity contribution < 1.29 is 9.53 Å². The number of unbranched alkanes of at least 4 members (excludes halogenated alkanes) is 10. The number of ether oxygens (including phenoxy) is 1. The highest BCUT2D eigenvalue weighted by Gasteiger charge is 2.01. The standard InChI is InChI=1S/C17H33BrO2/c1-2-3-4-5-6-7-8-9-10-13-16-20-17(19)14-11-12-15-18/h2-16H2,1H3. The van der Waals surface area contributed by atoms with Gasteiger partial charge in [-0.1, -0.05) is 80.6 Å². The average molecular weight is 349 g/mol. The normalized spacial score (nSPS) is 10.7. The Labute approximate surface area is 134 Å². The molecule has 120 valence electrons. The van der Waals surface area contributed by atoms with E-state index in [2.05, 4.69) is 22.9 Å². The van der Waals surface area contributed by atoms with Crippen molar-refractivity contribution in [2.45, 2.75) is 90.4 Å². The van der Waals surface area contributed by atoms with Gasteiger partial charge in [0, 0.05) is 11.8 Å². The van der Waals surface area contributed by atoms with Gasteiger partial charge in [0.2, 0.25) is 0 Å². The van der Waals surface area contributed by atoms with E-state index in [0.29, 0.717) is 13.0 Å². The Morgan fingerprint density at radius 3 is 1.90 bits per heavy atom. The second-order valence-corrected chi connectivity index (χ2v) is 6.34. The molecule has 0 unspecified atom stereocenters. The Morgan fingerprint density at radius 1 is 0.800 bits per heavy atom. The molecule has 0 fully saturated rings. The minimum absolute atomic E-state index is 0.0260. The molecule has 0 saturated carbocycles. The van der Waals surface area contributed by atoms with Gasteiger partial charge in [0.1, 0.15) is 0 Å². The Hall–Kier alpha value is -0.0500. The lowest BCUT2D eigenvalue weighted by Gasteiger charge is -2.05. The molecule has 0 saturated heterocycles. The maximum absolute atomic E-state index is 11.3. The molecule has 20 heavy (non-hydrogen) atoms. The van der Waals surface area contributed by atoms with Gasteiger partial charge in [-0.2, -0.15) is 0 Å². The number of halogens is 1. The predicted molar refractivity (Wildman–Crippen MR) is 90.4 cm³/mol. The first-order valence-corrected chi connectivity index (χ1v) is 9.65. The Bertz CT molecular complexity index is 207. The minimum atomic E-state index is -0.0260. The molecule has 2 nitrogen and oxygen atoms in total. The summed E-state index contributed by atoms with van der Waals surface area (Å²) in [6.45, 7) is 2.87. The number of hydrogen-bond donors (Lipinski definition) is 0. The first-order chi connectivity index (χ1) is 9.81. The Morgan fingerprint density at radius 2 is 1.35 bits per heavy atom. The molecule has 0 radical (unpaired) electrons. The molecule has 0 atom stereocenters. The van der Waals surface area contributed by atoms with Crippen LogP contribution in [0.2, 0.25) is 0 Å². The Kier molecular flexibility index (Phi) is 17.0. The highest BCUT2D eigenvalue weighted by molar-refractivity contribution is 9.09. The summed E-state index contributed by atoms with van der Waals surface area (Å²) in [5.74, 6) is -0.0260. The highest BCUT2D eigenvalue weighted by Crippen LogP contribution is 2.10. The fraction of sp³-hybridized carbons (Fsp3) is 0.941. The molecule has 0 bridgehead atoms. The van der Waals surface area contributed by atoms with Crippen LogP contribution in [0.25, 0.3) is 0 Å². The van der Waals surface area contributed by atoms with Gasteiger partial charge in [0.15, 0.2) is 0 Å². The molecule has 0 aromatic carbocycles. The lowest BCUT2D eigenvalue weighted by atomic mass is 10.1. The molecule has 3 heteroatoms. The van der Waals surface area contributed by atoms with Crippen molar-refractivity contribution >= 4 is 21.9 Å². The lowest BCUT2D eigenvalue weighted by Crippen LogP contribution is -2.05. The van der Waals surface area contributed by atoms with Crippen LogP contribution in [0, 0.1) is 0 Å². The van der Waals surface area contributed by atoms with Crippen LogP contribution in [-0.2, 0) is 9.53 Å². The fourth-order valence-corrected chi connectivity index (χ4v) is 2.61. The van der Waals surface area contributed by atoms with Crippen molar-refractivity contribution in [3.05, 3.63) is 0 Å². The molecule has 0 heterocycles. The van der Waals surface area contributed by atoms with Gasteiger partial charge in [-0.25, -0.2) is 0 Å². The van der Waals surface area contributed by atoms with E-state index in [-0.39, 0.29) is 5.97 Å². The van der Waals surface area contributed by atoms with E-state index < -0.39 is 0 Å². The monoisotopic (exact) mass is 348 g/mol. The third kappa shape index (κ3) is 16.0. The van der Waals surface area contributed by atoms with Crippen LogP contribution in [0.1, 0.15) is 90.4 Å². The fourth-order valence-electron chi connectivity index (χ4n) is 2.21. The number of hydrogen-bond acceptors (Lipinski definition) is 2. The van der Waals surface area contributed by atoms with Crippen LogP contribution in [0.15, 0.2) is 0 Å². The van der Waals surface area contributed by atoms with Crippen molar-refractivity contribution in [2.75, 3.05) is 11.9 Å². The summed E-state index contributed by atoms with van der Waals surface area (Å²) in [4.78, 5) is 11.3. The van der Waals surface area contributed by atoms with Crippen molar-refractivity contribution in [3.63, 3.8) is 0 Å². The van der Waals surface area contributed by atoms with Gasteiger partial charge < -0.3 is 4.74 Å². The first kappa shape index (κ1) is 19.9. The second-order valence-electron chi connectivity index (χ2n) is 5.55. The van der Waals surface area contributed by atoms with Crippen LogP contribution in [0.4, 0.5) is 0 Å². The van der Waals surface area contributed by atoms with Gasteiger partial charge in [-0.15, -0.1) is 0 Å². The van der Waals surface area contributed by atoms with Gasteiger partial charge in [-0.05, 0) is 19.3 Å². The number of rotatable bonds is 15. The molecule has 0 aromatic heterocycles. The van der Waals surface area contributed by atoms with Crippen molar-refractivity contribution in [1.29, 1.82) is 0 Å². The van der Waals surface area contributed by atoms with Gasteiger partial charge in [-0.3, -0.25) is 4.79 Å². The van der Waals surface area contributed by atoms with Gasteiger partial charge in [0.25, 0.3) is 0 Å². The van der Waals surface area contributed by atoms with E-state index in [1.807, 2.05) is 0 Å². The zero-order chi connectivity index (χ0) is 14.9. The molecule has 0 aliphatic carbocycles. The largest absolute Gasteiger partial charge is 0.466 e. The summed E-state index contributed by atoms with van der Waals surface area (Å²) in [7, 11) is 0. The number of alkyl halides is 1. The number of carbonyl (C=O) groups excluding carboxylic acids is 1. The number of esters is 1. The van der Waals surface area contributed by atoms with Crippen LogP contribution >= 0.6 is 15.9 Å². The molecule has 0 N–H and O–H groups in total. The lowest BCUT2D eigenvalue weighted by molar-refractivity contribution is -0.143. The summed E-state index contributed by atoms with van der Waals surface area (Å²) in [6, 6.07) is 0. The second kappa shape index (κ2) is 17.0. The molecule has 0 rings (SSSR count). The predicted octanol–water partition coefficient (Wildman–Crippen LogP) is 6.02. The van der Waals surface area contributed by atoms with Crippen molar-refractivity contribution in [1.82, 2.24) is 0 Å². The van der Waals surface area contributed by atoms with E-state index in [9.17, 15) is 4.79 Å². The van der Waals surface area contributed by atoms with E-state index in [4.69, 9.17) is 4.74 Å². The SMILES string of the molecule is CCCCCCCCCCCCOC(=O)CCCCBr. The van der Waals surface area contributed by atoms with Crippen LogP contribution in [0.3, 0.4) is 0 Å². The zero-order valence-corrected chi connectivity index (χ0v) is 14.9. The molecule has 0 spiro atoms. The molecule has 0 aromatic rings. The molecular weight excluding hydrogens is 316 g/mol. The molecular formula is C17H33BrO2. The van der Waals surface area contributed by atoms with Crippen molar-refractivity contribution in [2.24, 2.45) is 0 Å². The molecule has 0 aliphatic rings. The maximum atomic E-state index is 11.3. The van der Waals surface area contributed by atoms with E-state index in [0.717, 1.165) is 24.6 Å². The smallest absolute Gasteiger partial charge is 0.305 e. The third-order valence-corrected chi connectivity index (χ3v) is 4.09. The van der Waals surface area contributed by atoms with E-state index >= 15 is 0 Å². The average Bonchev–Trinajstić information content (AvgIpc) is 2.45. The first-order valence-electron chi connectivity index (χ1n) is 8.52. The van der Waals surface area contributed by atoms with Crippen LogP contribution < -0.4 is 0 Å². The maximum Gasteiger partial charge on any atom is 0.305 e. The van der Waals surface area contributed by atoms with E-state index in [1.54, 1.807) is 0 Å². The minimum Gasteiger partial charge on any atom is -0.466 e.